The number of aromatic nitrogens is 1. The predicted molar refractivity (Wildman–Crippen MR) is 74.0 cm³/mol. The van der Waals surface area contributed by atoms with Gasteiger partial charge in [0.1, 0.15) is 10.6 Å². The summed E-state index contributed by atoms with van der Waals surface area (Å²) in [5, 5.41) is 15.1. The predicted octanol–water partition coefficient (Wildman–Crippen LogP) is 1.05. The fraction of sp³-hybridized carbons (Fsp3) is 0.636. The van der Waals surface area contributed by atoms with Crippen LogP contribution >= 0.6 is 11.5 Å². The summed E-state index contributed by atoms with van der Waals surface area (Å²) in [6, 6.07) is 0. The number of aliphatic hydroxyl groups excluding tert-OH is 1. The fourth-order valence-corrected chi connectivity index (χ4v) is 2.30. The van der Waals surface area contributed by atoms with E-state index in [9.17, 15) is 4.79 Å². The molecule has 0 aliphatic carbocycles. The zero-order valence-corrected chi connectivity index (χ0v) is 11.3. The summed E-state index contributed by atoms with van der Waals surface area (Å²) in [7, 11) is 1.57. The molecule has 1 rings (SSSR count). The maximum atomic E-state index is 11.6. The first-order valence-corrected chi connectivity index (χ1v) is 6.80. The summed E-state index contributed by atoms with van der Waals surface area (Å²) in [4.78, 5) is 11.6. The Labute approximate surface area is 111 Å². The number of nitrogen functional groups attached to an aromatic ring is 1. The van der Waals surface area contributed by atoms with E-state index in [1.807, 2.05) is 0 Å². The van der Waals surface area contributed by atoms with Crippen LogP contribution in [0.5, 0.6) is 0 Å². The molecule has 5 N–H and O–H groups in total. The van der Waals surface area contributed by atoms with Gasteiger partial charge in [0, 0.05) is 20.2 Å². The van der Waals surface area contributed by atoms with Crippen molar-refractivity contribution in [1.82, 2.24) is 9.69 Å². The summed E-state index contributed by atoms with van der Waals surface area (Å²) in [5.74, 6) is 0.0474. The normalized spacial score (nSPS) is 10.3. The molecule has 6 nitrogen and oxygen atoms in total. The van der Waals surface area contributed by atoms with Crippen molar-refractivity contribution >= 4 is 28.3 Å². The smallest absolute Gasteiger partial charge is 0.257 e. The zero-order chi connectivity index (χ0) is 13.4. The third kappa shape index (κ3) is 4.15. The van der Waals surface area contributed by atoms with Crippen molar-refractivity contribution in [3.05, 3.63) is 5.56 Å². The molecular weight excluding hydrogens is 252 g/mol. The molecule has 102 valence electrons. The summed E-state index contributed by atoms with van der Waals surface area (Å²) < 4.78 is 3.98. The van der Waals surface area contributed by atoms with Crippen LogP contribution < -0.4 is 16.4 Å². The Bertz CT molecular complexity index is 381. The van der Waals surface area contributed by atoms with Gasteiger partial charge < -0.3 is 21.5 Å². The molecule has 18 heavy (non-hydrogen) atoms. The number of rotatable bonds is 8. The molecule has 0 saturated heterocycles. The quantitative estimate of drug-likeness (QED) is 0.530. The van der Waals surface area contributed by atoms with Crippen LogP contribution in [0.15, 0.2) is 0 Å². The lowest BCUT2D eigenvalue weighted by Gasteiger charge is -2.06. The monoisotopic (exact) mass is 272 g/mol. The number of amides is 1. The van der Waals surface area contributed by atoms with E-state index >= 15 is 0 Å². The number of hydrogen-bond donors (Lipinski definition) is 4. The van der Waals surface area contributed by atoms with E-state index in [2.05, 4.69) is 15.0 Å². The van der Waals surface area contributed by atoms with Crippen LogP contribution in [0.4, 0.5) is 10.8 Å². The van der Waals surface area contributed by atoms with Crippen molar-refractivity contribution in [3.8, 4) is 0 Å². The van der Waals surface area contributed by atoms with Crippen molar-refractivity contribution < 1.29 is 9.90 Å². The molecule has 0 aliphatic rings. The summed E-state index contributed by atoms with van der Waals surface area (Å²) in [6.45, 7) is 1.02. The molecule has 1 aromatic heterocycles. The fourth-order valence-electron chi connectivity index (χ4n) is 1.56. The SMILES string of the molecule is CNC(=O)c1c(N)nsc1NCCCCCCO. The highest BCUT2D eigenvalue weighted by Crippen LogP contribution is 2.26. The Kier molecular flexibility index (Phi) is 6.45. The first-order chi connectivity index (χ1) is 8.70. The third-order valence-electron chi connectivity index (χ3n) is 2.54. The Morgan fingerprint density at radius 2 is 2.11 bits per heavy atom. The van der Waals surface area contributed by atoms with Gasteiger partial charge in [-0.2, -0.15) is 4.37 Å². The molecule has 1 aromatic rings. The van der Waals surface area contributed by atoms with E-state index in [4.69, 9.17) is 10.8 Å². The Morgan fingerprint density at radius 3 is 2.78 bits per heavy atom. The summed E-state index contributed by atoms with van der Waals surface area (Å²) in [5.41, 5.74) is 6.09. The minimum absolute atomic E-state index is 0.218. The number of aliphatic hydroxyl groups is 1. The highest BCUT2D eigenvalue weighted by atomic mass is 32.1. The van der Waals surface area contributed by atoms with Crippen LogP contribution in [-0.4, -0.2) is 35.6 Å². The van der Waals surface area contributed by atoms with Crippen molar-refractivity contribution in [2.24, 2.45) is 0 Å². The Morgan fingerprint density at radius 1 is 1.39 bits per heavy atom. The summed E-state index contributed by atoms with van der Waals surface area (Å²) in [6.07, 6.45) is 3.91. The summed E-state index contributed by atoms with van der Waals surface area (Å²) >= 11 is 1.20. The molecule has 0 spiro atoms. The molecule has 7 heteroatoms. The van der Waals surface area contributed by atoms with Gasteiger partial charge in [0.15, 0.2) is 5.82 Å². The lowest BCUT2D eigenvalue weighted by Crippen LogP contribution is -2.20. The van der Waals surface area contributed by atoms with Crippen LogP contribution in [0.25, 0.3) is 0 Å². The number of nitrogens with two attached hydrogens (primary N) is 1. The average Bonchev–Trinajstić information content (AvgIpc) is 2.74. The highest BCUT2D eigenvalue weighted by molar-refractivity contribution is 7.11. The molecule has 0 aromatic carbocycles. The van der Waals surface area contributed by atoms with Crippen LogP contribution in [0.3, 0.4) is 0 Å². The van der Waals surface area contributed by atoms with Crippen molar-refractivity contribution in [2.75, 3.05) is 31.2 Å². The van der Waals surface area contributed by atoms with E-state index < -0.39 is 0 Å². The van der Waals surface area contributed by atoms with Gasteiger partial charge in [0.05, 0.1) is 0 Å². The van der Waals surface area contributed by atoms with Crippen molar-refractivity contribution in [1.29, 1.82) is 0 Å². The van der Waals surface area contributed by atoms with Gasteiger partial charge in [-0.15, -0.1) is 0 Å². The number of hydrogen-bond acceptors (Lipinski definition) is 6. The Hall–Kier alpha value is -1.34. The average molecular weight is 272 g/mol. The highest BCUT2D eigenvalue weighted by Gasteiger charge is 2.17. The number of nitrogens with one attached hydrogen (secondary N) is 2. The molecule has 0 fully saturated rings. The number of anilines is 2. The lowest BCUT2D eigenvalue weighted by atomic mass is 10.2. The van der Waals surface area contributed by atoms with Gasteiger partial charge >= 0.3 is 0 Å². The number of carbonyl (C=O) groups excluding carboxylic acids is 1. The van der Waals surface area contributed by atoms with E-state index in [1.54, 1.807) is 7.05 Å². The molecule has 1 amide bonds. The van der Waals surface area contributed by atoms with Gasteiger partial charge in [-0.1, -0.05) is 12.8 Å². The van der Waals surface area contributed by atoms with Crippen LogP contribution in [0, 0.1) is 0 Å². The van der Waals surface area contributed by atoms with Gasteiger partial charge in [-0.05, 0) is 24.4 Å². The van der Waals surface area contributed by atoms with Gasteiger partial charge in [0.25, 0.3) is 5.91 Å². The second-order valence-corrected chi connectivity index (χ2v) is 4.69. The first-order valence-electron chi connectivity index (χ1n) is 6.02. The van der Waals surface area contributed by atoms with E-state index in [0.29, 0.717) is 10.6 Å². The van der Waals surface area contributed by atoms with Gasteiger partial charge in [0.2, 0.25) is 0 Å². The number of carbonyl (C=O) groups is 1. The van der Waals surface area contributed by atoms with E-state index in [-0.39, 0.29) is 18.3 Å². The van der Waals surface area contributed by atoms with Crippen LogP contribution in [0.1, 0.15) is 36.0 Å². The Balaban J connectivity index is 2.40. The van der Waals surface area contributed by atoms with Crippen molar-refractivity contribution in [3.63, 3.8) is 0 Å². The lowest BCUT2D eigenvalue weighted by molar-refractivity contribution is 0.0965. The molecule has 0 atom stereocenters. The number of unbranched alkanes of at least 4 members (excludes halogenated alkanes) is 3. The molecule has 1 heterocycles. The molecule has 0 saturated carbocycles. The minimum atomic E-state index is -0.218. The second kappa shape index (κ2) is 7.88. The zero-order valence-electron chi connectivity index (χ0n) is 10.5. The van der Waals surface area contributed by atoms with E-state index in [1.165, 1.54) is 11.5 Å². The van der Waals surface area contributed by atoms with Crippen LogP contribution in [-0.2, 0) is 0 Å². The van der Waals surface area contributed by atoms with Gasteiger partial charge in [-0.3, -0.25) is 4.79 Å². The molecular formula is C11H20N4O2S. The molecule has 0 radical (unpaired) electrons. The van der Waals surface area contributed by atoms with Crippen molar-refractivity contribution in [2.45, 2.75) is 25.7 Å². The van der Waals surface area contributed by atoms with Gasteiger partial charge in [-0.25, -0.2) is 0 Å². The largest absolute Gasteiger partial charge is 0.396 e. The molecule has 0 aliphatic heterocycles. The maximum absolute atomic E-state index is 11.6. The second-order valence-electron chi connectivity index (χ2n) is 3.92. The molecule has 0 bridgehead atoms. The van der Waals surface area contributed by atoms with E-state index in [0.717, 1.165) is 32.2 Å². The standard InChI is InChI=1S/C11H20N4O2S/c1-13-10(17)8-9(12)15-18-11(8)14-6-4-2-3-5-7-16/h14,16H,2-7H2,1H3,(H2,12,15)(H,13,17). The van der Waals surface area contributed by atoms with Crippen LogP contribution in [0.2, 0.25) is 0 Å². The maximum Gasteiger partial charge on any atom is 0.257 e. The minimum Gasteiger partial charge on any atom is -0.396 e. The third-order valence-corrected chi connectivity index (χ3v) is 3.36. The first kappa shape index (κ1) is 14.7. The molecule has 0 unspecified atom stereocenters. The topological polar surface area (TPSA) is 100 Å². The number of nitrogens with zero attached hydrogens (tertiary/aromatic N) is 1.